The third-order valence-electron chi connectivity index (χ3n) is 2.95. The molecule has 0 heterocycles. The second-order valence-corrected chi connectivity index (χ2v) is 4.40. The van der Waals surface area contributed by atoms with Crippen molar-refractivity contribution in [2.24, 2.45) is 5.41 Å². The molecule has 0 spiro atoms. The van der Waals surface area contributed by atoms with E-state index >= 15 is 0 Å². The van der Waals surface area contributed by atoms with Crippen molar-refractivity contribution < 1.29 is 14.3 Å². The smallest absolute Gasteiger partial charge is 0.309 e. The molecule has 1 aliphatic carbocycles. The van der Waals surface area contributed by atoms with Crippen molar-refractivity contribution >= 4 is 5.97 Å². The van der Waals surface area contributed by atoms with Crippen LogP contribution in [0, 0.1) is 18.2 Å². The van der Waals surface area contributed by atoms with Crippen LogP contribution >= 0.6 is 0 Å². The Morgan fingerprint density at radius 2 is 2.13 bits per heavy atom. The molecule has 0 unspecified atom stereocenters. The number of carbonyl (C=O) groups is 1. The first-order chi connectivity index (χ1) is 7.02. The van der Waals surface area contributed by atoms with E-state index in [4.69, 9.17) is 5.11 Å². The van der Waals surface area contributed by atoms with Crippen LogP contribution in [0.2, 0.25) is 0 Å². The molecule has 1 N–H and O–H groups in total. The maximum absolute atomic E-state index is 13.1. The molecule has 1 aliphatic rings. The fourth-order valence-corrected chi connectivity index (χ4v) is 1.92. The summed E-state index contributed by atoms with van der Waals surface area (Å²) in [4.78, 5) is 11.0. The highest BCUT2D eigenvalue weighted by Crippen LogP contribution is 2.48. The Hall–Kier alpha value is -1.38. The first kappa shape index (κ1) is 10.1. The van der Waals surface area contributed by atoms with Gasteiger partial charge in [-0.2, -0.15) is 0 Å². The zero-order valence-corrected chi connectivity index (χ0v) is 8.59. The van der Waals surface area contributed by atoms with Gasteiger partial charge in [-0.25, -0.2) is 4.39 Å². The summed E-state index contributed by atoms with van der Waals surface area (Å²) >= 11 is 0. The Balaban J connectivity index is 2.21. The molecule has 80 valence electrons. The first-order valence-corrected chi connectivity index (χ1v) is 5.01. The van der Waals surface area contributed by atoms with Gasteiger partial charge in [0.1, 0.15) is 5.82 Å². The van der Waals surface area contributed by atoms with Gasteiger partial charge in [0, 0.05) is 0 Å². The fraction of sp³-hybridized carbons (Fsp3) is 0.417. The molecule has 0 aromatic heterocycles. The zero-order chi connectivity index (χ0) is 11.1. The van der Waals surface area contributed by atoms with Gasteiger partial charge in [0.25, 0.3) is 0 Å². The molecule has 15 heavy (non-hydrogen) atoms. The second-order valence-electron chi connectivity index (χ2n) is 4.40. The van der Waals surface area contributed by atoms with Crippen LogP contribution in [-0.2, 0) is 11.2 Å². The molecule has 0 amide bonds. The molecule has 3 heteroatoms. The van der Waals surface area contributed by atoms with Crippen molar-refractivity contribution in [1.29, 1.82) is 0 Å². The Kier molecular flexibility index (Phi) is 2.25. The largest absolute Gasteiger partial charge is 0.481 e. The lowest BCUT2D eigenvalue weighted by atomic mass is 9.95. The van der Waals surface area contributed by atoms with Crippen LogP contribution in [-0.4, -0.2) is 11.1 Å². The van der Waals surface area contributed by atoms with E-state index in [1.165, 1.54) is 12.1 Å². The quantitative estimate of drug-likeness (QED) is 0.828. The minimum Gasteiger partial charge on any atom is -0.481 e. The van der Waals surface area contributed by atoms with Crippen molar-refractivity contribution in [1.82, 2.24) is 0 Å². The van der Waals surface area contributed by atoms with Crippen LogP contribution in [0.5, 0.6) is 0 Å². The number of rotatable bonds is 3. The van der Waals surface area contributed by atoms with Crippen molar-refractivity contribution in [3.05, 3.63) is 35.1 Å². The standard InChI is InChI=1S/C12H13FO2/c1-8-4-9(6-10(13)5-8)7-12(2-3-12)11(14)15/h4-6H,2-3,7H2,1H3,(H,14,15). The zero-order valence-electron chi connectivity index (χ0n) is 8.59. The normalized spacial score (nSPS) is 17.5. The molecular formula is C12H13FO2. The number of hydrogen-bond acceptors (Lipinski definition) is 1. The molecule has 1 saturated carbocycles. The number of benzene rings is 1. The highest BCUT2D eigenvalue weighted by molar-refractivity contribution is 5.78. The number of halogens is 1. The topological polar surface area (TPSA) is 37.3 Å². The Labute approximate surface area is 87.7 Å². The Morgan fingerprint density at radius 3 is 2.60 bits per heavy atom. The number of carboxylic acid groups (broad SMARTS) is 1. The average Bonchev–Trinajstić information content (AvgIpc) is 2.83. The van der Waals surface area contributed by atoms with E-state index < -0.39 is 11.4 Å². The highest BCUT2D eigenvalue weighted by atomic mass is 19.1. The number of hydrogen-bond donors (Lipinski definition) is 1. The monoisotopic (exact) mass is 208 g/mol. The molecule has 2 rings (SSSR count). The lowest BCUT2D eigenvalue weighted by Crippen LogP contribution is -2.17. The van der Waals surface area contributed by atoms with Crippen LogP contribution in [0.3, 0.4) is 0 Å². The van der Waals surface area contributed by atoms with Crippen LogP contribution in [0.15, 0.2) is 18.2 Å². The molecular weight excluding hydrogens is 195 g/mol. The van der Waals surface area contributed by atoms with Gasteiger partial charge >= 0.3 is 5.97 Å². The van der Waals surface area contributed by atoms with Gasteiger partial charge in [-0.15, -0.1) is 0 Å². The molecule has 2 nitrogen and oxygen atoms in total. The summed E-state index contributed by atoms with van der Waals surface area (Å²) in [6.07, 6.45) is 1.86. The molecule has 1 fully saturated rings. The predicted molar refractivity (Wildman–Crippen MR) is 54.1 cm³/mol. The van der Waals surface area contributed by atoms with E-state index in [-0.39, 0.29) is 5.82 Å². The molecule has 0 atom stereocenters. The molecule has 0 aliphatic heterocycles. The second kappa shape index (κ2) is 3.33. The minimum absolute atomic E-state index is 0.286. The maximum Gasteiger partial charge on any atom is 0.309 e. The first-order valence-electron chi connectivity index (χ1n) is 5.01. The van der Waals surface area contributed by atoms with Gasteiger partial charge in [0.2, 0.25) is 0 Å². The van der Waals surface area contributed by atoms with Gasteiger partial charge in [0.05, 0.1) is 5.41 Å². The van der Waals surface area contributed by atoms with Crippen molar-refractivity contribution in [2.45, 2.75) is 26.2 Å². The van der Waals surface area contributed by atoms with Gasteiger partial charge in [-0.3, -0.25) is 4.79 Å². The SMILES string of the molecule is Cc1cc(F)cc(CC2(C(=O)O)CC2)c1. The molecule has 1 aromatic carbocycles. The van der Waals surface area contributed by atoms with Gasteiger partial charge in [-0.05, 0) is 49.4 Å². The van der Waals surface area contributed by atoms with Crippen molar-refractivity contribution in [3.8, 4) is 0 Å². The Bertz CT molecular complexity index is 388. The van der Waals surface area contributed by atoms with Crippen molar-refractivity contribution in [2.75, 3.05) is 0 Å². The highest BCUT2D eigenvalue weighted by Gasteiger charge is 2.49. The van der Waals surface area contributed by atoms with E-state index in [1.54, 1.807) is 0 Å². The summed E-state index contributed by atoms with van der Waals surface area (Å²) in [6.45, 7) is 1.81. The third kappa shape index (κ3) is 2.01. The molecule has 0 saturated heterocycles. The lowest BCUT2D eigenvalue weighted by molar-refractivity contribution is -0.143. The molecule has 1 aromatic rings. The van der Waals surface area contributed by atoms with E-state index in [2.05, 4.69) is 0 Å². The van der Waals surface area contributed by atoms with Crippen LogP contribution in [0.1, 0.15) is 24.0 Å². The summed E-state index contributed by atoms with van der Waals surface area (Å²) in [5.41, 5.74) is 1.01. The van der Waals surface area contributed by atoms with Crippen LogP contribution in [0.25, 0.3) is 0 Å². The summed E-state index contributed by atoms with van der Waals surface area (Å²) in [5, 5.41) is 9.01. The van der Waals surface area contributed by atoms with Gasteiger partial charge in [0.15, 0.2) is 0 Å². The maximum atomic E-state index is 13.1. The minimum atomic E-state index is -0.760. The lowest BCUT2D eigenvalue weighted by Gasteiger charge is -2.10. The van der Waals surface area contributed by atoms with E-state index in [0.717, 1.165) is 11.1 Å². The summed E-state index contributed by atoms with van der Waals surface area (Å²) in [5.74, 6) is -1.05. The fourth-order valence-electron chi connectivity index (χ4n) is 1.92. The van der Waals surface area contributed by atoms with Crippen LogP contribution in [0.4, 0.5) is 4.39 Å². The van der Waals surface area contributed by atoms with E-state index in [9.17, 15) is 9.18 Å². The van der Waals surface area contributed by atoms with Crippen LogP contribution < -0.4 is 0 Å². The summed E-state index contributed by atoms with van der Waals surface area (Å²) in [6, 6.07) is 4.73. The number of aliphatic carboxylic acids is 1. The Morgan fingerprint density at radius 1 is 1.47 bits per heavy atom. The van der Waals surface area contributed by atoms with Gasteiger partial charge < -0.3 is 5.11 Å². The predicted octanol–water partition coefficient (Wildman–Crippen LogP) is 2.54. The summed E-state index contributed by atoms with van der Waals surface area (Å²) in [7, 11) is 0. The average molecular weight is 208 g/mol. The number of carboxylic acids is 1. The third-order valence-corrected chi connectivity index (χ3v) is 2.95. The van der Waals surface area contributed by atoms with E-state index in [0.29, 0.717) is 19.3 Å². The van der Waals surface area contributed by atoms with Gasteiger partial charge in [-0.1, -0.05) is 6.07 Å². The van der Waals surface area contributed by atoms with Crippen molar-refractivity contribution in [3.63, 3.8) is 0 Å². The summed E-state index contributed by atoms with van der Waals surface area (Å²) < 4.78 is 13.1. The molecule has 0 bridgehead atoms. The molecule has 0 radical (unpaired) electrons. The van der Waals surface area contributed by atoms with E-state index in [1.807, 2.05) is 13.0 Å². The number of aryl methyl sites for hydroxylation is 1.